The van der Waals surface area contributed by atoms with Gasteiger partial charge in [-0.1, -0.05) is 35.9 Å². The summed E-state index contributed by atoms with van der Waals surface area (Å²) in [5, 5.41) is 13.7. The van der Waals surface area contributed by atoms with E-state index in [0.717, 1.165) is 6.08 Å². The summed E-state index contributed by atoms with van der Waals surface area (Å²) in [7, 11) is 0. The van der Waals surface area contributed by atoms with Crippen LogP contribution in [0.3, 0.4) is 0 Å². The Hall–Kier alpha value is -3.19. The van der Waals surface area contributed by atoms with Crippen LogP contribution in [0, 0.1) is 10.1 Å². The molecule has 8 heteroatoms. The van der Waals surface area contributed by atoms with Crippen LogP contribution in [-0.4, -0.2) is 23.4 Å². The van der Waals surface area contributed by atoms with Gasteiger partial charge in [0.25, 0.3) is 11.6 Å². The van der Waals surface area contributed by atoms with Crippen molar-refractivity contribution in [3.8, 4) is 0 Å². The van der Waals surface area contributed by atoms with Crippen LogP contribution in [0.25, 0.3) is 6.08 Å². The lowest BCUT2D eigenvalue weighted by Gasteiger charge is -2.05. The van der Waals surface area contributed by atoms with Crippen LogP contribution in [0.4, 0.5) is 11.4 Å². The minimum atomic E-state index is -0.724. The lowest BCUT2D eigenvalue weighted by Crippen LogP contribution is -2.20. The number of benzene rings is 2. The third-order valence-electron chi connectivity index (χ3n) is 2.98. The summed E-state index contributed by atoms with van der Waals surface area (Å²) in [6.07, 6.45) is 2.65. The van der Waals surface area contributed by atoms with Gasteiger partial charge in [-0.05, 0) is 29.8 Å². The summed E-state index contributed by atoms with van der Waals surface area (Å²) >= 11 is 5.82. The maximum absolute atomic E-state index is 11.8. The monoisotopic (exact) mass is 360 g/mol. The molecule has 0 spiro atoms. The van der Waals surface area contributed by atoms with E-state index in [-0.39, 0.29) is 11.4 Å². The summed E-state index contributed by atoms with van der Waals surface area (Å²) in [4.78, 5) is 33.6. The zero-order valence-electron chi connectivity index (χ0n) is 12.8. The standard InChI is InChI=1S/C17H13ClN2O5/c18-13-5-3-4-12(10-13)8-9-17(22)25-11-16(21)19-14-6-1-2-7-15(14)20(23)24/h1-10H,11H2,(H,19,21)/b9-8+. The lowest BCUT2D eigenvalue weighted by atomic mass is 10.2. The number of hydrogen-bond donors (Lipinski definition) is 1. The number of nitro groups is 1. The van der Waals surface area contributed by atoms with E-state index in [9.17, 15) is 19.7 Å². The molecule has 0 aromatic heterocycles. The van der Waals surface area contributed by atoms with Gasteiger partial charge in [0.2, 0.25) is 0 Å². The van der Waals surface area contributed by atoms with E-state index < -0.39 is 23.4 Å². The van der Waals surface area contributed by atoms with Gasteiger partial charge >= 0.3 is 5.97 Å². The number of nitrogens with one attached hydrogen (secondary N) is 1. The van der Waals surface area contributed by atoms with Crippen LogP contribution in [0.15, 0.2) is 54.6 Å². The summed E-state index contributed by atoms with van der Waals surface area (Å²) in [6.45, 7) is -0.565. The zero-order chi connectivity index (χ0) is 18.2. The molecule has 0 aliphatic heterocycles. The fraction of sp³-hybridized carbons (Fsp3) is 0.0588. The highest BCUT2D eigenvalue weighted by atomic mass is 35.5. The number of carbonyl (C=O) groups is 2. The molecule has 25 heavy (non-hydrogen) atoms. The summed E-state index contributed by atoms with van der Waals surface area (Å²) < 4.78 is 4.79. The number of esters is 1. The Morgan fingerprint density at radius 3 is 2.68 bits per heavy atom. The Bertz CT molecular complexity index is 835. The van der Waals surface area contributed by atoms with Crippen molar-refractivity contribution >= 4 is 40.9 Å². The maximum Gasteiger partial charge on any atom is 0.331 e. The third-order valence-corrected chi connectivity index (χ3v) is 3.22. The lowest BCUT2D eigenvalue weighted by molar-refractivity contribution is -0.383. The Labute approximate surface area is 148 Å². The molecule has 2 aromatic rings. The van der Waals surface area contributed by atoms with Gasteiger partial charge in [0.15, 0.2) is 6.61 Å². The molecule has 2 rings (SSSR count). The van der Waals surface area contributed by atoms with Crippen LogP contribution in [-0.2, 0) is 14.3 Å². The Kier molecular flexibility index (Phi) is 6.25. The van der Waals surface area contributed by atoms with Crippen molar-refractivity contribution in [3.05, 3.63) is 75.3 Å². The quantitative estimate of drug-likeness (QED) is 0.368. The molecule has 0 bridgehead atoms. The van der Waals surface area contributed by atoms with Gasteiger partial charge in [0.1, 0.15) is 5.69 Å². The van der Waals surface area contributed by atoms with Gasteiger partial charge in [-0.2, -0.15) is 0 Å². The molecule has 0 unspecified atom stereocenters. The number of carbonyl (C=O) groups excluding carboxylic acids is 2. The first-order chi connectivity index (χ1) is 12.0. The van der Waals surface area contributed by atoms with Gasteiger partial charge in [-0.3, -0.25) is 14.9 Å². The van der Waals surface area contributed by atoms with Crippen molar-refractivity contribution in [1.82, 2.24) is 0 Å². The van der Waals surface area contributed by atoms with E-state index in [1.807, 2.05) is 0 Å². The number of halogens is 1. The summed E-state index contributed by atoms with van der Waals surface area (Å²) in [6, 6.07) is 12.5. The molecule has 0 atom stereocenters. The predicted molar refractivity (Wildman–Crippen MR) is 93.2 cm³/mol. The number of nitrogens with zero attached hydrogens (tertiary/aromatic N) is 1. The third kappa shape index (κ3) is 5.74. The van der Waals surface area contributed by atoms with Crippen molar-refractivity contribution in [2.24, 2.45) is 0 Å². The molecule has 0 saturated carbocycles. The van der Waals surface area contributed by atoms with Crippen molar-refractivity contribution in [2.45, 2.75) is 0 Å². The molecule has 0 saturated heterocycles. The highest BCUT2D eigenvalue weighted by molar-refractivity contribution is 6.30. The largest absolute Gasteiger partial charge is 0.452 e. The molecule has 0 heterocycles. The minimum Gasteiger partial charge on any atom is -0.452 e. The van der Waals surface area contributed by atoms with Gasteiger partial charge in [-0.25, -0.2) is 4.79 Å². The molecule has 0 aliphatic rings. The fourth-order valence-electron chi connectivity index (χ4n) is 1.88. The second-order valence-corrected chi connectivity index (χ2v) is 5.25. The molecule has 0 aliphatic carbocycles. The first kappa shape index (κ1) is 18.2. The molecule has 0 radical (unpaired) electrons. The molecule has 7 nitrogen and oxygen atoms in total. The minimum absolute atomic E-state index is 0.0306. The van der Waals surface area contributed by atoms with Crippen molar-refractivity contribution in [3.63, 3.8) is 0 Å². The van der Waals surface area contributed by atoms with Crippen LogP contribution in [0.1, 0.15) is 5.56 Å². The van der Waals surface area contributed by atoms with Gasteiger partial charge in [0, 0.05) is 17.2 Å². The van der Waals surface area contributed by atoms with E-state index in [0.29, 0.717) is 10.6 Å². The average molecular weight is 361 g/mol. The number of ether oxygens (including phenoxy) is 1. The van der Waals surface area contributed by atoms with Crippen LogP contribution < -0.4 is 5.32 Å². The smallest absolute Gasteiger partial charge is 0.331 e. The van der Waals surface area contributed by atoms with Crippen molar-refractivity contribution in [2.75, 3.05) is 11.9 Å². The van der Waals surface area contributed by atoms with Gasteiger partial charge in [0.05, 0.1) is 4.92 Å². The molecule has 1 N–H and O–H groups in total. The number of hydrogen-bond acceptors (Lipinski definition) is 5. The highest BCUT2D eigenvalue weighted by Crippen LogP contribution is 2.22. The first-order valence-electron chi connectivity index (χ1n) is 7.09. The average Bonchev–Trinajstić information content (AvgIpc) is 2.58. The molecular weight excluding hydrogens is 348 g/mol. The van der Waals surface area contributed by atoms with E-state index in [2.05, 4.69) is 5.32 Å². The molecule has 128 valence electrons. The van der Waals surface area contributed by atoms with E-state index in [4.69, 9.17) is 16.3 Å². The van der Waals surface area contributed by atoms with Crippen LogP contribution in [0.2, 0.25) is 5.02 Å². The number of para-hydroxylation sites is 2. The second kappa shape index (κ2) is 8.60. The first-order valence-corrected chi connectivity index (χ1v) is 7.47. The number of rotatable bonds is 6. The van der Waals surface area contributed by atoms with E-state index in [1.54, 1.807) is 30.3 Å². The molecular formula is C17H13ClN2O5. The van der Waals surface area contributed by atoms with Crippen molar-refractivity contribution in [1.29, 1.82) is 0 Å². The number of amides is 1. The summed E-state index contributed by atoms with van der Waals surface area (Å²) in [5.41, 5.74) is 0.486. The topological polar surface area (TPSA) is 98.5 Å². The Balaban J connectivity index is 1.88. The molecule has 1 amide bonds. The Morgan fingerprint density at radius 1 is 1.20 bits per heavy atom. The van der Waals surface area contributed by atoms with Crippen molar-refractivity contribution < 1.29 is 19.2 Å². The fourth-order valence-corrected chi connectivity index (χ4v) is 2.08. The van der Waals surface area contributed by atoms with Crippen LogP contribution in [0.5, 0.6) is 0 Å². The van der Waals surface area contributed by atoms with Gasteiger partial charge < -0.3 is 10.1 Å². The Morgan fingerprint density at radius 2 is 1.96 bits per heavy atom. The van der Waals surface area contributed by atoms with Crippen LogP contribution >= 0.6 is 11.6 Å². The SMILES string of the molecule is O=C(COC(=O)/C=C/c1cccc(Cl)c1)Nc1ccccc1[N+](=O)[O-]. The van der Waals surface area contributed by atoms with Gasteiger partial charge in [-0.15, -0.1) is 0 Å². The maximum atomic E-state index is 11.8. The zero-order valence-corrected chi connectivity index (χ0v) is 13.6. The second-order valence-electron chi connectivity index (χ2n) is 4.82. The highest BCUT2D eigenvalue weighted by Gasteiger charge is 2.15. The molecule has 0 fully saturated rings. The number of nitro benzene ring substituents is 1. The number of anilines is 1. The molecule has 2 aromatic carbocycles. The normalized spacial score (nSPS) is 10.4. The predicted octanol–water partition coefficient (Wildman–Crippen LogP) is 3.44. The van der Waals surface area contributed by atoms with E-state index in [1.165, 1.54) is 24.3 Å². The summed E-state index contributed by atoms with van der Waals surface area (Å²) in [5.74, 6) is -1.41. The van der Waals surface area contributed by atoms with E-state index >= 15 is 0 Å².